The summed E-state index contributed by atoms with van der Waals surface area (Å²) in [6, 6.07) is 0.582. The lowest BCUT2D eigenvalue weighted by Crippen LogP contribution is -2.38. The van der Waals surface area contributed by atoms with Crippen LogP contribution in [0.15, 0.2) is 4.99 Å². The lowest BCUT2D eigenvalue weighted by Gasteiger charge is -2.28. The molecule has 2 bridgehead atoms. The molecular weight excluding hydrogens is 268 g/mol. The Kier molecular flexibility index (Phi) is 3.13. The van der Waals surface area contributed by atoms with Gasteiger partial charge in [-0.15, -0.1) is 0 Å². The fourth-order valence-corrected chi connectivity index (χ4v) is 6.12. The van der Waals surface area contributed by atoms with Crippen molar-refractivity contribution in [1.82, 2.24) is 5.32 Å². The Hall–Kier alpha value is -0.510. The molecule has 3 fully saturated rings. The lowest BCUT2D eigenvalue weighted by atomic mass is 9.91. The van der Waals surface area contributed by atoms with Gasteiger partial charge in [0.05, 0.1) is 0 Å². The summed E-state index contributed by atoms with van der Waals surface area (Å²) in [7, 11) is 0. The average Bonchev–Trinajstić information content (AvgIpc) is 3.16. The van der Waals surface area contributed by atoms with Gasteiger partial charge in [-0.1, -0.05) is 31.0 Å². The number of hydrogen-bond donors (Lipinski definition) is 1. The Morgan fingerprint density at radius 3 is 2.65 bits per heavy atom. The zero-order chi connectivity index (χ0) is 13.7. The molecule has 4 aliphatic rings. The predicted octanol–water partition coefficient (Wildman–Crippen LogP) is 3.34. The van der Waals surface area contributed by atoms with Crippen LogP contribution in [0.5, 0.6) is 0 Å². The van der Waals surface area contributed by atoms with Gasteiger partial charge in [0.1, 0.15) is 4.75 Å². The van der Waals surface area contributed by atoms with E-state index < -0.39 is 0 Å². The second kappa shape index (κ2) is 4.75. The van der Waals surface area contributed by atoms with E-state index in [1.807, 2.05) is 0 Å². The Bertz CT molecular complexity index is 457. The number of hydrogen-bond acceptors (Lipinski definition) is 3. The van der Waals surface area contributed by atoms with Crippen molar-refractivity contribution in [3.63, 3.8) is 0 Å². The monoisotopic (exact) mass is 292 g/mol. The molecule has 1 aliphatic heterocycles. The topological polar surface area (TPSA) is 41.5 Å². The Morgan fingerprint density at radius 1 is 1.20 bits per heavy atom. The van der Waals surface area contributed by atoms with Crippen molar-refractivity contribution in [3.05, 3.63) is 0 Å². The highest BCUT2D eigenvalue weighted by Crippen LogP contribution is 2.48. The maximum atomic E-state index is 12.4. The van der Waals surface area contributed by atoms with E-state index in [9.17, 15) is 4.79 Å². The quantitative estimate of drug-likeness (QED) is 0.848. The molecule has 4 rings (SSSR count). The minimum Gasteiger partial charge on any atom is -0.361 e. The molecule has 4 heteroatoms. The van der Waals surface area contributed by atoms with Crippen LogP contribution >= 0.6 is 11.8 Å². The number of amides is 1. The van der Waals surface area contributed by atoms with E-state index in [0.29, 0.717) is 12.0 Å². The Labute approximate surface area is 125 Å². The largest absolute Gasteiger partial charge is 0.361 e. The van der Waals surface area contributed by atoms with Gasteiger partial charge in [0, 0.05) is 6.04 Å². The van der Waals surface area contributed by atoms with Crippen LogP contribution in [-0.2, 0) is 4.79 Å². The van der Waals surface area contributed by atoms with E-state index >= 15 is 0 Å². The fourth-order valence-electron chi connectivity index (χ4n) is 4.85. The van der Waals surface area contributed by atoms with E-state index in [0.717, 1.165) is 17.0 Å². The van der Waals surface area contributed by atoms with Gasteiger partial charge in [-0.25, -0.2) is 0 Å². The third kappa shape index (κ3) is 2.02. The molecule has 20 heavy (non-hydrogen) atoms. The minimum atomic E-state index is -0.281. The molecule has 3 saturated carbocycles. The van der Waals surface area contributed by atoms with Crippen molar-refractivity contribution in [1.29, 1.82) is 0 Å². The molecule has 0 radical (unpaired) electrons. The SMILES string of the molecule is CC1(C2CCCC2)SC(N[C@H]2C[C@@H]3CC[C@H]2C3)=NC1=O. The fraction of sp³-hybridized carbons (Fsp3) is 0.875. The summed E-state index contributed by atoms with van der Waals surface area (Å²) in [4.78, 5) is 16.7. The van der Waals surface area contributed by atoms with E-state index in [4.69, 9.17) is 0 Å². The van der Waals surface area contributed by atoms with E-state index in [-0.39, 0.29) is 10.7 Å². The van der Waals surface area contributed by atoms with Crippen molar-refractivity contribution in [2.24, 2.45) is 22.7 Å². The van der Waals surface area contributed by atoms with E-state index in [1.54, 1.807) is 11.8 Å². The average molecular weight is 292 g/mol. The normalized spacial score (nSPS) is 44.4. The van der Waals surface area contributed by atoms with Crippen LogP contribution in [0, 0.1) is 17.8 Å². The molecule has 3 nitrogen and oxygen atoms in total. The first-order valence-corrected chi connectivity index (χ1v) is 9.05. The minimum absolute atomic E-state index is 0.111. The summed E-state index contributed by atoms with van der Waals surface area (Å²) < 4.78 is -0.281. The molecular formula is C16H24N2OS. The molecule has 1 amide bonds. The summed E-state index contributed by atoms with van der Waals surface area (Å²) in [6.07, 6.45) is 10.4. The van der Waals surface area contributed by atoms with Crippen LogP contribution in [0.1, 0.15) is 58.3 Å². The smallest absolute Gasteiger partial charge is 0.264 e. The molecule has 0 saturated heterocycles. The number of rotatable bonds is 2. The molecule has 1 heterocycles. The number of carbonyl (C=O) groups is 1. The zero-order valence-corrected chi connectivity index (χ0v) is 13.0. The number of amidine groups is 1. The standard InChI is InChI=1S/C16H24N2OS/c1-16(12-4-2-3-5-12)14(19)18-15(20-16)17-13-9-10-6-7-11(13)8-10/h10-13H,2-9H2,1H3,(H,17,18,19)/t10-,11+,13+,16?/m1/s1. The second-order valence-corrected chi connectivity index (χ2v) is 8.78. The van der Waals surface area contributed by atoms with Gasteiger partial charge in [-0.2, -0.15) is 4.99 Å². The maximum absolute atomic E-state index is 12.4. The van der Waals surface area contributed by atoms with Gasteiger partial charge in [-0.3, -0.25) is 4.79 Å². The van der Waals surface area contributed by atoms with Gasteiger partial charge in [0.15, 0.2) is 5.17 Å². The van der Waals surface area contributed by atoms with E-state index in [2.05, 4.69) is 17.2 Å². The number of nitrogens with one attached hydrogen (secondary N) is 1. The second-order valence-electron chi connectivity index (χ2n) is 7.34. The van der Waals surface area contributed by atoms with Crippen LogP contribution < -0.4 is 5.32 Å². The van der Waals surface area contributed by atoms with Crippen molar-refractivity contribution in [2.75, 3.05) is 0 Å². The third-order valence-corrected chi connectivity index (χ3v) is 7.45. The zero-order valence-electron chi connectivity index (χ0n) is 12.2. The van der Waals surface area contributed by atoms with Crippen molar-refractivity contribution in [3.8, 4) is 0 Å². The first kappa shape index (κ1) is 13.2. The number of fused-ring (bicyclic) bond motifs is 2. The number of carbonyl (C=O) groups excluding carboxylic acids is 1. The van der Waals surface area contributed by atoms with Gasteiger partial charge in [-0.05, 0) is 56.8 Å². The van der Waals surface area contributed by atoms with Gasteiger partial charge >= 0.3 is 0 Å². The summed E-state index contributed by atoms with van der Waals surface area (Å²) >= 11 is 1.72. The first-order valence-electron chi connectivity index (χ1n) is 8.24. The first-order chi connectivity index (χ1) is 9.65. The molecule has 0 aromatic heterocycles. The number of nitrogens with zero attached hydrogens (tertiary/aromatic N) is 1. The van der Waals surface area contributed by atoms with Crippen molar-refractivity contribution < 1.29 is 4.79 Å². The summed E-state index contributed by atoms with van der Waals surface area (Å²) in [5, 5.41) is 4.53. The maximum Gasteiger partial charge on any atom is 0.264 e. The van der Waals surface area contributed by atoms with Crippen LogP contribution in [0.3, 0.4) is 0 Å². The van der Waals surface area contributed by atoms with Crippen molar-refractivity contribution in [2.45, 2.75) is 69.1 Å². The van der Waals surface area contributed by atoms with Crippen LogP contribution in [-0.4, -0.2) is 21.9 Å². The van der Waals surface area contributed by atoms with E-state index in [1.165, 1.54) is 51.4 Å². The molecule has 0 spiro atoms. The molecule has 0 aromatic rings. The molecule has 110 valence electrons. The van der Waals surface area contributed by atoms with Crippen molar-refractivity contribution >= 4 is 22.8 Å². The molecule has 1 unspecified atom stereocenters. The lowest BCUT2D eigenvalue weighted by molar-refractivity contribution is -0.120. The molecule has 0 aromatic carbocycles. The van der Waals surface area contributed by atoms with Crippen LogP contribution in [0.2, 0.25) is 0 Å². The number of thioether (sulfide) groups is 1. The summed E-state index contributed by atoms with van der Waals surface area (Å²) in [6.45, 7) is 2.12. The highest BCUT2D eigenvalue weighted by atomic mass is 32.2. The van der Waals surface area contributed by atoms with Crippen LogP contribution in [0.4, 0.5) is 0 Å². The van der Waals surface area contributed by atoms with Crippen LogP contribution in [0.25, 0.3) is 0 Å². The van der Waals surface area contributed by atoms with Gasteiger partial charge in [0.25, 0.3) is 5.91 Å². The highest BCUT2D eigenvalue weighted by molar-refractivity contribution is 8.16. The Balaban J connectivity index is 1.43. The summed E-state index contributed by atoms with van der Waals surface area (Å²) in [5.74, 6) is 2.40. The summed E-state index contributed by atoms with van der Waals surface area (Å²) in [5.41, 5.74) is 0. The number of aliphatic imine (C=N–C) groups is 1. The highest BCUT2D eigenvalue weighted by Gasteiger charge is 2.49. The third-order valence-electron chi connectivity index (χ3n) is 6.12. The molecule has 3 aliphatic carbocycles. The van der Waals surface area contributed by atoms with Gasteiger partial charge < -0.3 is 5.32 Å². The Morgan fingerprint density at radius 2 is 2.00 bits per heavy atom. The molecule has 1 N–H and O–H groups in total. The predicted molar refractivity (Wildman–Crippen MR) is 82.8 cm³/mol. The van der Waals surface area contributed by atoms with Gasteiger partial charge in [0.2, 0.25) is 0 Å². The molecule has 4 atom stereocenters.